The maximum Gasteiger partial charge on any atom is 0.144 e. The molecule has 1 rings (SSSR count). The van der Waals surface area contributed by atoms with Crippen molar-refractivity contribution in [2.45, 2.75) is 19.4 Å². The van der Waals surface area contributed by atoms with Gasteiger partial charge < -0.3 is 5.73 Å². The van der Waals surface area contributed by atoms with Gasteiger partial charge in [-0.1, -0.05) is 0 Å². The molecule has 3 heteroatoms. The number of pyridine rings is 1. The van der Waals surface area contributed by atoms with E-state index in [-0.39, 0.29) is 11.9 Å². The van der Waals surface area contributed by atoms with Gasteiger partial charge in [0.25, 0.3) is 0 Å². The molecule has 11 heavy (non-hydrogen) atoms. The first kappa shape index (κ1) is 8.14. The summed E-state index contributed by atoms with van der Waals surface area (Å²) in [5.41, 5.74) is 6.14. The first-order valence-corrected chi connectivity index (χ1v) is 3.54. The number of hydrogen-bond donors (Lipinski definition) is 1. The van der Waals surface area contributed by atoms with Crippen LogP contribution in [0.3, 0.4) is 0 Å². The normalized spacial score (nSPS) is 13.0. The van der Waals surface area contributed by atoms with Crippen LogP contribution in [0.5, 0.6) is 0 Å². The topological polar surface area (TPSA) is 38.9 Å². The van der Waals surface area contributed by atoms with Crippen LogP contribution in [0.1, 0.15) is 12.5 Å². The van der Waals surface area contributed by atoms with Crippen LogP contribution < -0.4 is 5.73 Å². The van der Waals surface area contributed by atoms with E-state index < -0.39 is 0 Å². The highest BCUT2D eigenvalue weighted by molar-refractivity contribution is 5.13. The molecule has 0 radical (unpaired) electrons. The predicted molar refractivity (Wildman–Crippen MR) is 41.5 cm³/mol. The molecule has 0 aromatic carbocycles. The lowest BCUT2D eigenvalue weighted by atomic mass is 10.1. The predicted octanol–water partition coefficient (Wildman–Crippen LogP) is 1.11. The molecule has 1 aromatic heterocycles. The summed E-state index contributed by atoms with van der Waals surface area (Å²) < 4.78 is 12.8. The molecule has 1 atom stereocenters. The molecule has 0 aliphatic rings. The zero-order valence-electron chi connectivity index (χ0n) is 6.42. The van der Waals surface area contributed by atoms with E-state index in [1.54, 1.807) is 12.3 Å². The van der Waals surface area contributed by atoms with Crippen molar-refractivity contribution in [1.29, 1.82) is 0 Å². The highest BCUT2D eigenvalue weighted by Crippen LogP contribution is 2.05. The minimum Gasteiger partial charge on any atom is -0.328 e. The van der Waals surface area contributed by atoms with Crippen LogP contribution in [-0.2, 0) is 6.42 Å². The first-order valence-electron chi connectivity index (χ1n) is 3.54. The third-order valence-corrected chi connectivity index (χ3v) is 1.40. The van der Waals surface area contributed by atoms with Gasteiger partial charge in [-0.3, -0.25) is 4.98 Å². The molecule has 0 amide bonds. The van der Waals surface area contributed by atoms with Gasteiger partial charge in [0, 0.05) is 12.2 Å². The maximum atomic E-state index is 12.8. The van der Waals surface area contributed by atoms with Gasteiger partial charge in [-0.2, -0.15) is 0 Å². The smallest absolute Gasteiger partial charge is 0.144 e. The molecule has 2 N–H and O–H groups in total. The molecule has 0 unspecified atom stereocenters. The van der Waals surface area contributed by atoms with Crippen molar-refractivity contribution >= 4 is 0 Å². The van der Waals surface area contributed by atoms with Crippen LogP contribution >= 0.6 is 0 Å². The Balaban J connectivity index is 2.78. The second-order valence-electron chi connectivity index (χ2n) is 2.65. The summed E-state index contributed by atoms with van der Waals surface area (Å²) in [5, 5.41) is 0. The van der Waals surface area contributed by atoms with Crippen molar-refractivity contribution < 1.29 is 4.39 Å². The van der Waals surface area contributed by atoms with Gasteiger partial charge in [-0.15, -0.1) is 0 Å². The maximum absolute atomic E-state index is 12.8. The number of hydrogen-bond acceptors (Lipinski definition) is 2. The quantitative estimate of drug-likeness (QED) is 0.693. The third-order valence-electron chi connectivity index (χ3n) is 1.40. The Kier molecular flexibility index (Phi) is 2.54. The van der Waals surface area contributed by atoms with Gasteiger partial charge in [-0.05, 0) is 25.0 Å². The van der Waals surface area contributed by atoms with Gasteiger partial charge in [0.05, 0.1) is 6.20 Å². The fourth-order valence-electron chi connectivity index (χ4n) is 0.916. The van der Waals surface area contributed by atoms with Crippen LogP contribution in [0.15, 0.2) is 18.5 Å². The zero-order valence-corrected chi connectivity index (χ0v) is 6.42. The van der Waals surface area contributed by atoms with Crippen LogP contribution in [0, 0.1) is 5.82 Å². The average Bonchev–Trinajstić information content (AvgIpc) is 1.93. The van der Waals surface area contributed by atoms with E-state index in [1.165, 1.54) is 6.20 Å². The summed E-state index contributed by atoms with van der Waals surface area (Å²) in [6.45, 7) is 1.85. The molecular weight excluding hydrogens is 143 g/mol. The lowest BCUT2D eigenvalue weighted by molar-refractivity contribution is 0.590. The molecule has 0 fully saturated rings. The number of aromatic nitrogens is 1. The molecule has 0 saturated heterocycles. The molecule has 0 bridgehead atoms. The Morgan fingerprint density at radius 3 is 3.00 bits per heavy atom. The van der Waals surface area contributed by atoms with Gasteiger partial charge >= 0.3 is 0 Å². The fraction of sp³-hybridized carbons (Fsp3) is 0.375. The Hall–Kier alpha value is -0.960. The Labute approximate surface area is 65.3 Å². The Morgan fingerprint density at radius 2 is 2.45 bits per heavy atom. The highest BCUT2D eigenvalue weighted by Gasteiger charge is 2.02. The molecule has 0 saturated carbocycles. The van der Waals surface area contributed by atoms with Crippen LogP contribution in [0.2, 0.25) is 0 Å². The number of rotatable bonds is 2. The molecule has 1 aromatic rings. The fourth-order valence-corrected chi connectivity index (χ4v) is 0.916. The van der Waals surface area contributed by atoms with Gasteiger partial charge in [-0.25, -0.2) is 4.39 Å². The summed E-state index contributed by atoms with van der Waals surface area (Å²) in [7, 11) is 0. The lowest BCUT2D eigenvalue weighted by Crippen LogP contribution is -2.18. The van der Waals surface area contributed by atoms with Gasteiger partial charge in [0.15, 0.2) is 0 Å². The van der Waals surface area contributed by atoms with Crippen LogP contribution in [-0.4, -0.2) is 11.0 Å². The minimum atomic E-state index is -0.273. The lowest BCUT2D eigenvalue weighted by Gasteiger charge is -2.04. The third kappa shape index (κ3) is 2.27. The van der Waals surface area contributed by atoms with E-state index in [2.05, 4.69) is 4.98 Å². The summed E-state index contributed by atoms with van der Waals surface area (Å²) in [4.78, 5) is 3.64. The van der Waals surface area contributed by atoms with E-state index in [9.17, 15) is 4.39 Å². The molecule has 1 heterocycles. The summed E-state index contributed by atoms with van der Waals surface area (Å²) in [5.74, 6) is -0.273. The van der Waals surface area contributed by atoms with Crippen molar-refractivity contribution in [2.75, 3.05) is 0 Å². The number of nitrogens with two attached hydrogens (primary N) is 1. The number of nitrogens with zero attached hydrogens (tertiary/aromatic N) is 1. The summed E-state index contributed by atoms with van der Waals surface area (Å²) in [6, 6.07) is 1.64. The second-order valence-corrected chi connectivity index (χ2v) is 2.65. The monoisotopic (exact) mass is 154 g/mol. The molecule has 60 valence electrons. The van der Waals surface area contributed by atoms with E-state index in [1.807, 2.05) is 6.92 Å². The van der Waals surface area contributed by atoms with Crippen LogP contribution in [0.25, 0.3) is 0 Å². The van der Waals surface area contributed by atoms with E-state index >= 15 is 0 Å². The van der Waals surface area contributed by atoms with E-state index in [0.29, 0.717) is 12.0 Å². The van der Waals surface area contributed by atoms with Crippen molar-refractivity contribution in [2.24, 2.45) is 5.73 Å². The van der Waals surface area contributed by atoms with Crippen molar-refractivity contribution in [3.8, 4) is 0 Å². The standard InChI is InChI=1S/C8H11FN2/c1-6(10)4-7-2-3-11-5-8(7)9/h2-3,5-6H,4,10H2,1H3/t6-/m0/s1. The number of halogens is 1. The van der Waals surface area contributed by atoms with Gasteiger partial charge in [0.2, 0.25) is 0 Å². The molecular formula is C8H11FN2. The van der Waals surface area contributed by atoms with E-state index in [0.717, 1.165) is 0 Å². The summed E-state index contributed by atoms with van der Waals surface area (Å²) >= 11 is 0. The average molecular weight is 154 g/mol. The Bertz CT molecular complexity index is 235. The highest BCUT2D eigenvalue weighted by atomic mass is 19.1. The Morgan fingerprint density at radius 1 is 1.73 bits per heavy atom. The van der Waals surface area contributed by atoms with Crippen molar-refractivity contribution in [1.82, 2.24) is 4.98 Å². The summed E-state index contributed by atoms with van der Waals surface area (Å²) in [6.07, 6.45) is 3.34. The SMILES string of the molecule is C[C@H](N)Cc1ccncc1F. The van der Waals surface area contributed by atoms with E-state index in [4.69, 9.17) is 5.73 Å². The second kappa shape index (κ2) is 3.44. The largest absolute Gasteiger partial charge is 0.328 e. The molecule has 0 aliphatic carbocycles. The zero-order chi connectivity index (χ0) is 8.27. The molecule has 2 nitrogen and oxygen atoms in total. The van der Waals surface area contributed by atoms with Crippen molar-refractivity contribution in [3.63, 3.8) is 0 Å². The molecule has 0 aliphatic heterocycles. The molecule has 0 spiro atoms. The van der Waals surface area contributed by atoms with Crippen LogP contribution in [0.4, 0.5) is 4.39 Å². The minimum absolute atomic E-state index is 0.00750. The van der Waals surface area contributed by atoms with Crippen molar-refractivity contribution in [3.05, 3.63) is 29.8 Å². The van der Waals surface area contributed by atoms with Gasteiger partial charge in [0.1, 0.15) is 5.82 Å². The first-order chi connectivity index (χ1) is 5.20.